The molecule has 0 aliphatic heterocycles. The number of rotatable bonds is 1. The predicted molar refractivity (Wildman–Crippen MR) is 71.3 cm³/mol. The number of Topliss-reactive ketones (excluding diaryl/α,β-unsaturated/α-hetero) is 2. The Balaban J connectivity index is 1.94. The number of methoxy groups -OCH3 is 1. The number of carbonyl (C=O) groups is 3. The van der Waals surface area contributed by atoms with E-state index in [0.717, 1.165) is 11.1 Å². The van der Waals surface area contributed by atoms with Gasteiger partial charge in [0.05, 0.1) is 7.11 Å². The molecule has 4 heteroatoms. The van der Waals surface area contributed by atoms with Crippen LogP contribution in [0.25, 0.3) is 0 Å². The smallest absolute Gasteiger partial charge is 0.316 e. The summed E-state index contributed by atoms with van der Waals surface area (Å²) in [5, 5.41) is 0. The Kier molecular flexibility index (Phi) is 2.96. The average molecular weight is 272 g/mol. The van der Waals surface area contributed by atoms with Gasteiger partial charge in [0.2, 0.25) is 0 Å². The van der Waals surface area contributed by atoms with Crippen molar-refractivity contribution < 1.29 is 19.1 Å². The van der Waals surface area contributed by atoms with Crippen molar-refractivity contribution in [1.29, 1.82) is 0 Å². The highest BCUT2D eigenvalue weighted by Gasteiger charge is 2.51. The Morgan fingerprint density at radius 3 is 2.75 bits per heavy atom. The van der Waals surface area contributed by atoms with Gasteiger partial charge in [-0.3, -0.25) is 14.4 Å². The van der Waals surface area contributed by atoms with Crippen LogP contribution >= 0.6 is 0 Å². The number of benzene rings is 1. The molecule has 0 heterocycles. The Bertz CT molecular complexity index is 596. The van der Waals surface area contributed by atoms with Crippen LogP contribution in [0.15, 0.2) is 24.3 Å². The van der Waals surface area contributed by atoms with Gasteiger partial charge in [-0.1, -0.05) is 24.3 Å². The maximum atomic E-state index is 12.7. The van der Waals surface area contributed by atoms with Crippen molar-refractivity contribution in [1.82, 2.24) is 0 Å². The molecule has 20 heavy (non-hydrogen) atoms. The molecule has 1 aromatic carbocycles. The van der Waals surface area contributed by atoms with E-state index in [-0.39, 0.29) is 24.4 Å². The standard InChI is InChI=1S/C16H16O4/c1-20-15(19)12-9-16(7-6-13(12)17)8-10-4-2-3-5-11(10)14(16)18/h2-5,12H,6-9H2,1H3/t12-,16-/m0/s1. The van der Waals surface area contributed by atoms with E-state index < -0.39 is 17.3 Å². The van der Waals surface area contributed by atoms with E-state index in [9.17, 15) is 14.4 Å². The second kappa shape index (κ2) is 4.54. The first kappa shape index (κ1) is 13.0. The number of ketones is 2. The summed E-state index contributed by atoms with van der Waals surface area (Å²) in [6, 6.07) is 7.54. The summed E-state index contributed by atoms with van der Waals surface area (Å²) in [7, 11) is 1.28. The van der Waals surface area contributed by atoms with Gasteiger partial charge in [0.25, 0.3) is 0 Å². The normalized spacial score (nSPS) is 28.6. The summed E-state index contributed by atoms with van der Waals surface area (Å²) in [6.45, 7) is 0. The first-order chi connectivity index (χ1) is 9.57. The fourth-order valence-electron chi connectivity index (χ4n) is 3.49. The zero-order valence-corrected chi connectivity index (χ0v) is 11.3. The number of fused-ring (bicyclic) bond motifs is 1. The van der Waals surface area contributed by atoms with Crippen LogP contribution < -0.4 is 0 Å². The maximum absolute atomic E-state index is 12.7. The van der Waals surface area contributed by atoms with Gasteiger partial charge in [0.15, 0.2) is 5.78 Å². The predicted octanol–water partition coefficient (Wildman–Crippen LogP) is 1.95. The fraction of sp³-hybridized carbons (Fsp3) is 0.438. The average Bonchev–Trinajstić information content (AvgIpc) is 2.74. The van der Waals surface area contributed by atoms with Crippen LogP contribution in [0, 0.1) is 11.3 Å². The van der Waals surface area contributed by atoms with Crippen molar-refractivity contribution in [3.05, 3.63) is 35.4 Å². The summed E-state index contributed by atoms with van der Waals surface area (Å²) in [5.41, 5.74) is 1.18. The Morgan fingerprint density at radius 1 is 1.30 bits per heavy atom. The molecule has 1 fully saturated rings. The Morgan fingerprint density at radius 2 is 2.05 bits per heavy atom. The minimum atomic E-state index is -0.785. The van der Waals surface area contributed by atoms with Gasteiger partial charge in [-0.2, -0.15) is 0 Å². The molecule has 1 spiro atoms. The molecule has 0 radical (unpaired) electrons. The summed E-state index contributed by atoms with van der Waals surface area (Å²) in [5.74, 6) is -1.33. The Hall–Kier alpha value is -1.97. The third kappa shape index (κ3) is 1.79. The fourth-order valence-corrected chi connectivity index (χ4v) is 3.49. The molecule has 0 amide bonds. The largest absolute Gasteiger partial charge is 0.468 e. The van der Waals surface area contributed by atoms with Gasteiger partial charge in [0.1, 0.15) is 11.7 Å². The van der Waals surface area contributed by atoms with Gasteiger partial charge in [-0.15, -0.1) is 0 Å². The van der Waals surface area contributed by atoms with E-state index in [2.05, 4.69) is 0 Å². The molecule has 0 bridgehead atoms. The van der Waals surface area contributed by atoms with Gasteiger partial charge >= 0.3 is 5.97 Å². The molecule has 4 nitrogen and oxygen atoms in total. The molecular weight excluding hydrogens is 256 g/mol. The van der Waals surface area contributed by atoms with E-state index in [1.807, 2.05) is 24.3 Å². The zero-order chi connectivity index (χ0) is 14.3. The van der Waals surface area contributed by atoms with E-state index in [4.69, 9.17) is 4.74 Å². The van der Waals surface area contributed by atoms with Crippen LogP contribution in [0.5, 0.6) is 0 Å². The molecule has 2 aliphatic carbocycles. The van der Waals surface area contributed by atoms with Crippen LogP contribution in [-0.2, 0) is 20.7 Å². The van der Waals surface area contributed by atoms with Crippen molar-refractivity contribution in [2.75, 3.05) is 7.11 Å². The van der Waals surface area contributed by atoms with Gasteiger partial charge in [-0.05, 0) is 24.8 Å². The van der Waals surface area contributed by atoms with Gasteiger partial charge in [-0.25, -0.2) is 0 Å². The van der Waals surface area contributed by atoms with Crippen molar-refractivity contribution in [2.45, 2.75) is 25.7 Å². The van der Waals surface area contributed by atoms with Crippen LogP contribution in [0.2, 0.25) is 0 Å². The monoisotopic (exact) mass is 272 g/mol. The molecule has 0 N–H and O–H groups in total. The summed E-state index contributed by atoms with van der Waals surface area (Å²) >= 11 is 0. The molecule has 0 unspecified atom stereocenters. The van der Waals surface area contributed by atoms with E-state index in [1.54, 1.807) is 0 Å². The number of carbonyl (C=O) groups excluding carboxylic acids is 3. The van der Waals surface area contributed by atoms with Crippen molar-refractivity contribution in [3.8, 4) is 0 Å². The first-order valence-electron chi connectivity index (χ1n) is 6.81. The quantitative estimate of drug-likeness (QED) is 0.579. The SMILES string of the molecule is COC(=O)[C@H]1C[C@]2(CCC1=O)Cc1ccccc1C2=O. The molecule has 0 saturated heterocycles. The molecule has 0 aromatic heterocycles. The lowest BCUT2D eigenvalue weighted by molar-refractivity contribution is -0.152. The highest BCUT2D eigenvalue weighted by Crippen LogP contribution is 2.48. The minimum absolute atomic E-state index is 0.0782. The molecule has 1 aromatic rings. The van der Waals surface area contributed by atoms with Crippen LogP contribution in [0.3, 0.4) is 0 Å². The second-order valence-corrected chi connectivity index (χ2v) is 5.69. The number of esters is 1. The van der Waals surface area contributed by atoms with E-state index in [1.165, 1.54) is 7.11 Å². The number of hydrogen-bond donors (Lipinski definition) is 0. The van der Waals surface area contributed by atoms with Crippen molar-refractivity contribution in [3.63, 3.8) is 0 Å². The lowest BCUT2D eigenvalue weighted by Crippen LogP contribution is -2.41. The third-order valence-corrected chi connectivity index (χ3v) is 4.59. The van der Waals surface area contributed by atoms with Gasteiger partial charge < -0.3 is 4.74 Å². The topological polar surface area (TPSA) is 60.4 Å². The Labute approximate surface area is 117 Å². The van der Waals surface area contributed by atoms with Crippen LogP contribution in [0.1, 0.15) is 35.2 Å². The molecule has 104 valence electrons. The van der Waals surface area contributed by atoms with Crippen LogP contribution in [-0.4, -0.2) is 24.6 Å². The lowest BCUT2D eigenvalue weighted by atomic mass is 9.67. The lowest BCUT2D eigenvalue weighted by Gasteiger charge is -2.34. The van der Waals surface area contributed by atoms with E-state index in [0.29, 0.717) is 12.8 Å². The molecule has 1 saturated carbocycles. The summed E-state index contributed by atoms with van der Waals surface area (Å²) in [4.78, 5) is 36.3. The zero-order valence-electron chi connectivity index (χ0n) is 11.3. The molecule has 2 aliphatic rings. The van der Waals surface area contributed by atoms with Crippen molar-refractivity contribution >= 4 is 17.5 Å². The maximum Gasteiger partial charge on any atom is 0.316 e. The number of ether oxygens (including phenoxy) is 1. The highest BCUT2D eigenvalue weighted by molar-refractivity contribution is 6.08. The molecule has 2 atom stereocenters. The summed E-state index contributed by atoms with van der Waals surface area (Å²) in [6.07, 6.45) is 1.72. The third-order valence-electron chi connectivity index (χ3n) is 4.59. The minimum Gasteiger partial charge on any atom is -0.468 e. The first-order valence-corrected chi connectivity index (χ1v) is 6.81. The molecule has 3 rings (SSSR count). The van der Waals surface area contributed by atoms with E-state index >= 15 is 0 Å². The second-order valence-electron chi connectivity index (χ2n) is 5.69. The van der Waals surface area contributed by atoms with Gasteiger partial charge in [0, 0.05) is 17.4 Å². The molecular formula is C16H16O4. The number of hydrogen-bond acceptors (Lipinski definition) is 4. The van der Waals surface area contributed by atoms with Crippen molar-refractivity contribution in [2.24, 2.45) is 11.3 Å². The van der Waals surface area contributed by atoms with Crippen LogP contribution in [0.4, 0.5) is 0 Å². The summed E-state index contributed by atoms with van der Waals surface area (Å²) < 4.78 is 4.70. The highest BCUT2D eigenvalue weighted by atomic mass is 16.5.